The Kier molecular flexibility index (Phi) is 15.6. The Bertz CT molecular complexity index is 504. The van der Waals surface area contributed by atoms with Gasteiger partial charge in [-0.15, -0.1) is 0 Å². The van der Waals surface area contributed by atoms with Gasteiger partial charge in [0.1, 0.15) is 0 Å². The highest BCUT2D eigenvalue weighted by atomic mass is 16.6. The molecule has 0 spiro atoms. The van der Waals surface area contributed by atoms with Crippen molar-refractivity contribution < 1.29 is 38.0 Å². The van der Waals surface area contributed by atoms with Crippen molar-refractivity contribution in [2.24, 2.45) is 17.8 Å². The monoisotopic (exact) mass is 459 g/mol. The molecule has 0 aromatic carbocycles. The zero-order chi connectivity index (χ0) is 22.7. The van der Waals surface area contributed by atoms with Gasteiger partial charge in [-0.2, -0.15) is 0 Å². The van der Waals surface area contributed by atoms with Crippen LogP contribution < -0.4 is 5.32 Å². The van der Waals surface area contributed by atoms with Crippen molar-refractivity contribution in [1.29, 1.82) is 0 Å². The van der Waals surface area contributed by atoms with Crippen LogP contribution in [-0.4, -0.2) is 105 Å². The lowest BCUT2D eigenvalue weighted by atomic mass is 9.93. The normalized spacial score (nSPS) is 21.5. The molecule has 2 rings (SSSR count). The van der Waals surface area contributed by atoms with Gasteiger partial charge in [0.05, 0.1) is 85.9 Å². The molecule has 1 fully saturated rings. The molecule has 1 saturated carbocycles. The minimum atomic E-state index is 0.156. The number of amides is 1. The minimum Gasteiger partial charge on any atom is -0.382 e. The second-order valence-corrected chi connectivity index (χ2v) is 7.84. The summed E-state index contributed by atoms with van der Waals surface area (Å²) >= 11 is 0. The molecule has 0 radical (unpaired) electrons. The largest absolute Gasteiger partial charge is 0.382 e. The predicted molar refractivity (Wildman–Crippen MR) is 119 cm³/mol. The molecule has 186 valence electrons. The lowest BCUT2D eigenvalue weighted by molar-refractivity contribution is -0.126. The number of methoxy groups -OCH3 is 1. The van der Waals surface area contributed by atoms with E-state index in [0.29, 0.717) is 104 Å². The van der Waals surface area contributed by atoms with E-state index in [4.69, 9.17) is 33.2 Å². The first-order valence-electron chi connectivity index (χ1n) is 11.7. The average Bonchev–Trinajstić information content (AvgIpc) is 3.44. The number of hydrogen-bond acceptors (Lipinski definition) is 8. The summed E-state index contributed by atoms with van der Waals surface area (Å²) in [5.41, 5.74) is 0. The smallest absolute Gasteiger partial charge is 0.223 e. The molecular weight excluding hydrogens is 418 g/mol. The van der Waals surface area contributed by atoms with Crippen LogP contribution in [0.3, 0.4) is 0 Å². The number of fused-ring (bicyclic) bond motifs is 2. The van der Waals surface area contributed by atoms with Crippen molar-refractivity contribution in [3.63, 3.8) is 0 Å². The van der Waals surface area contributed by atoms with Crippen LogP contribution in [0.15, 0.2) is 12.2 Å². The molecule has 9 heteroatoms. The standard InChI is InChI=1S/C23H41NO8/c1-26-6-7-28-10-11-30-14-15-32-17-16-31-13-12-29-9-8-27-5-4-24-23(25)22-19-20-2-3-21(22)18-20/h2-3,20-22H,4-19H2,1H3,(H,24,25). The molecule has 32 heavy (non-hydrogen) atoms. The summed E-state index contributed by atoms with van der Waals surface area (Å²) in [5.74, 6) is 1.38. The van der Waals surface area contributed by atoms with Gasteiger partial charge in [0.15, 0.2) is 0 Å². The number of ether oxygens (including phenoxy) is 7. The number of carbonyl (C=O) groups is 1. The molecule has 0 aliphatic heterocycles. The third kappa shape index (κ3) is 12.2. The van der Waals surface area contributed by atoms with Crippen LogP contribution in [0, 0.1) is 17.8 Å². The van der Waals surface area contributed by atoms with Crippen molar-refractivity contribution in [3.8, 4) is 0 Å². The fraction of sp³-hybridized carbons (Fsp3) is 0.870. The quantitative estimate of drug-likeness (QED) is 0.190. The topological polar surface area (TPSA) is 93.7 Å². The Labute approximate surface area is 192 Å². The summed E-state index contributed by atoms with van der Waals surface area (Å²) in [6.45, 7) is 7.54. The van der Waals surface area contributed by atoms with Crippen LogP contribution in [0.2, 0.25) is 0 Å². The molecule has 3 unspecified atom stereocenters. The molecular formula is C23H41NO8. The van der Waals surface area contributed by atoms with Gasteiger partial charge in [-0.1, -0.05) is 12.2 Å². The van der Waals surface area contributed by atoms with E-state index in [1.807, 2.05) is 0 Å². The second kappa shape index (κ2) is 18.4. The highest BCUT2D eigenvalue weighted by molar-refractivity contribution is 5.79. The molecule has 0 saturated heterocycles. The molecule has 2 bridgehead atoms. The molecule has 0 heterocycles. The van der Waals surface area contributed by atoms with E-state index in [2.05, 4.69) is 17.5 Å². The van der Waals surface area contributed by atoms with Gasteiger partial charge in [-0.05, 0) is 24.7 Å². The van der Waals surface area contributed by atoms with Crippen LogP contribution in [0.5, 0.6) is 0 Å². The van der Waals surface area contributed by atoms with E-state index < -0.39 is 0 Å². The van der Waals surface area contributed by atoms with E-state index in [-0.39, 0.29) is 11.8 Å². The van der Waals surface area contributed by atoms with E-state index in [1.165, 1.54) is 0 Å². The molecule has 1 amide bonds. The van der Waals surface area contributed by atoms with Gasteiger partial charge in [-0.25, -0.2) is 0 Å². The molecule has 3 atom stereocenters. The summed E-state index contributed by atoms with van der Waals surface area (Å²) in [6, 6.07) is 0. The molecule has 2 aliphatic rings. The van der Waals surface area contributed by atoms with Crippen molar-refractivity contribution in [2.75, 3.05) is 99.5 Å². The van der Waals surface area contributed by atoms with Gasteiger partial charge in [0, 0.05) is 19.6 Å². The van der Waals surface area contributed by atoms with Gasteiger partial charge in [-0.3, -0.25) is 4.79 Å². The van der Waals surface area contributed by atoms with Crippen LogP contribution in [0.4, 0.5) is 0 Å². The van der Waals surface area contributed by atoms with E-state index in [0.717, 1.165) is 12.8 Å². The first kappa shape index (κ1) is 27.2. The summed E-state index contributed by atoms with van der Waals surface area (Å²) < 4.78 is 37.4. The highest BCUT2D eigenvalue weighted by Crippen LogP contribution is 2.43. The van der Waals surface area contributed by atoms with Crippen LogP contribution in [0.1, 0.15) is 12.8 Å². The maximum atomic E-state index is 12.2. The van der Waals surface area contributed by atoms with Gasteiger partial charge < -0.3 is 38.5 Å². The number of hydrogen-bond donors (Lipinski definition) is 1. The zero-order valence-electron chi connectivity index (χ0n) is 19.5. The highest BCUT2D eigenvalue weighted by Gasteiger charge is 2.39. The van der Waals surface area contributed by atoms with Crippen LogP contribution in [0.25, 0.3) is 0 Å². The van der Waals surface area contributed by atoms with Gasteiger partial charge in [0.25, 0.3) is 0 Å². The van der Waals surface area contributed by atoms with Crippen molar-refractivity contribution in [3.05, 3.63) is 12.2 Å². The zero-order valence-corrected chi connectivity index (χ0v) is 19.5. The third-order valence-corrected chi connectivity index (χ3v) is 5.45. The van der Waals surface area contributed by atoms with Gasteiger partial charge >= 0.3 is 0 Å². The number of rotatable bonds is 22. The van der Waals surface area contributed by atoms with E-state index >= 15 is 0 Å². The average molecular weight is 460 g/mol. The summed E-state index contributed by atoms with van der Waals surface area (Å²) in [7, 11) is 1.65. The Morgan fingerprint density at radius 1 is 0.688 bits per heavy atom. The summed E-state index contributed by atoms with van der Waals surface area (Å²) in [5, 5.41) is 2.98. The molecule has 0 aromatic heterocycles. The minimum absolute atomic E-state index is 0.156. The molecule has 1 N–H and O–H groups in total. The number of allylic oxidation sites excluding steroid dienone is 2. The third-order valence-electron chi connectivity index (χ3n) is 5.45. The summed E-state index contributed by atoms with van der Waals surface area (Å²) in [6.07, 6.45) is 6.59. The molecule has 9 nitrogen and oxygen atoms in total. The fourth-order valence-corrected chi connectivity index (χ4v) is 3.80. The van der Waals surface area contributed by atoms with Crippen molar-refractivity contribution in [2.45, 2.75) is 12.8 Å². The Morgan fingerprint density at radius 2 is 1.16 bits per heavy atom. The van der Waals surface area contributed by atoms with Crippen LogP contribution in [-0.2, 0) is 38.0 Å². The Balaban J connectivity index is 1.21. The second-order valence-electron chi connectivity index (χ2n) is 7.84. The van der Waals surface area contributed by atoms with E-state index in [1.54, 1.807) is 7.11 Å². The van der Waals surface area contributed by atoms with Crippen LogP contribution >= 0.6 is 0 Å². The van der Waals surface area contributed by atoms with Crippen molar-refractivity contribution >= 4 is 5.91 Å². The first-order chi connectivity index (χ1) is 15.8. The van der Waals surface area contributed by atoms with Crippen molar-refractivity contribution in [1.82, 2.24) is 5.32 Å². The fourth-order valence-electron chi connectivity index (χ4n) is 3.80. The number of nitrogens with one attached hydrogen (secondary N) is 1. The Morgan fingerprint density at radius 3 is 1.56 bits per heavy atom. The lowest BCUT2D eigenvalue weighted by Crippen LogP contribution is -2.35. The number of carbonyl (C=O) groups excluding carboxylic acids is 1. The Hall–Kier alpha value is -1.07. The first-order valence-corrected chi connectivity index (χ1v) is 11.7. The summed E-state index contributed by atoms with van der Waals surface area (Å²) in [4.78, 5) is 12.2. The molecule has 2 aliphatic carbocycles. The van der Waals surface area contributed by atoms with Gasteiger partial charge in [0.2, 0.25) is 5.91 Å². The lowest BCUT2D eigenvalue weighted by Gasteiger charge is -2.17. The molecule has 0 aromatic rings. The maximum absolute atomic E-state index is 12.2. The van der Waals surface area contributed by atoms with E-state index in [9.17, 15) is 4.79 Å². The predicted octanol–water partition coefficient (Wildman–Crippen LogP) is 1.06. The SMILES string of the molecule is COCCOCCOCCOCCOCCOCCOCCNC(=O)C1CC2C=CC1C2. The maximum Gasteiger partial charge on any atom is 0.223 e.